The Balaban J connectivity index is 2.22. The van der Waals surface area contributed by atoms with Crippen molar-refractivity contribution < 1.29 is 14.7 Å². The van der Waals surface area contributed by atoms with Crippen molar-refractivity contribution in [3.63, 3.8) is 0 Å². The van der Waals surface area contributed by atoms with Crippen LogP contribution in [0.25, 0.3) is 0 Å². The summed E-state index contributed by atoms with van der Waals surface area (Å²) in [6, 6.07) is 6.72. The lowest BCUT2D eigenvalue weighted by Gasteiger charge is -2.14. The first-order valence-electron chi connectivity index (χ1n) is 5.07. The van der Waals surface area contributed by atoms with Crippen molar-refractivity contribution in [2.24, 2.45) is 0 Å². The van der Waals surface area contributed by atoms with Gasteiger partial charge in [0.2, 0.25) is 0 Å². The SMILES string of the molecule is [CH2]C(O)CCN1C(=O)c2ccccc2C1=O. The van der Waals surface area contributed by atoms with E-state index in [1.54, 1.807) is 24.3 Å². The van der Waals surface area contributed by atoms with Gasteiger partial charge in [-0.1, -0.05) is 12.1 Å². The third-order valence-electron chi connectivity index (χ3n) is 2.56. The van der Waals surface area contributed by atoms with Gasteiger partial charge >= 0.3 is 0 Å². The van der Waals surface area contributed by atoms with Gasteiger partial charge in [-0.3, -0.25) is 14.5 Å². The highest BCUT2D eigenvalue weighted by atomic mass is 16.3. The van der Waals surface area contributed by atoms with Crippen molar-refractivity contribution in [2.75, 3.05) is 6.54 Å². The molecule has 1 radical (unpaired) electrons. The smallest absolute Gasteiger partial charge is 0.261 e. The van der Waals surface area contributed by atoms with Crippen LogP contribution in [0.3, 0.4) is 0 Å². The van der Waals surface area contributed by atoms with Gasteiger partial charge in [0, 0.05) is 6.54 Å². The van der Waals surface area contributed by atoms with E-state index in [0.29, 0.717) is 17.5 Å². The summed E-state index contributed by atoms with van der Waals surface area (Å²) < 4.78 is 0. The highest BCUT2D eigenvalue weighted by Crippen LogP contribution is 2.22. The number of aliphatic hydroxyl groups is 1. The standard InChI is InChI=1S/C12H12NO3/c1-8(14)6-7-13-11(15)9-4-2-3-5-10(9)12(13)16/h2-5,8,14H,1,6-7H2. The van der Waals surface area contributed by atoms with Crippen LogP contribution in [0.2, 0.25) is 0 Å². The molecule has 0 spiro atoms. The minimum Gasteiger partial charge on any atom is -0.393 e. The van der Waals surface area contributed by atoms with E-state index in [-0.39, 0.29) is 18.4 Å². The molecule has 4 heteroatoms. The molecule has 1 aromatic carbocycles. The van der Waals surface area contributed by atoms with Crippen LogP contribution < -0.4 is 0 Å². The Hall–Kier alpha value is -1.68. The van der Waals surface area contributed by atoms with E-state index in [9.17, 15) is 9.59 Å². The molecule has 16 heavy (non-hydrogen) atoms. The maximum Gasteiger partial charge on any atom is 0.261 e. The summed E-state index contributed by atoms with van der Waals surface area (Å²) in [5.41, 5.74) is 0.872. The molecule has 83 valence electrons. The molecule has 1 aromatic rings. The monoisotopic (exact) mass is 218 g/mol. The van der Waals surface area contributed by atoms with Crippen LogP contribution in [0.1, 0.15) is 27.1 Å². The van der Waals surface area contributed by atoms with Crippen molar-refractivity contribution in [1.29, 1.82) is 0 Å². The van der Waals surface area contributed by atoms with E-state index < -0.39 is 6.10 Å². The number of fused-ring (bicyclic) bond motifs is 1. The maximum atomic E-state index is 11.8. The number of carbonyl (C=O) groups is 2. The van der Waals surface area contributed by atoms with Gasteiger partial charge in [0.05, 0.1) is 17.2 Å². The summed E-state index contributed by atoms with van der Waals surface area (Å²) in [6.45, 7) is 3.61. The largest absolute Gasteiger partial charge is 0.393 e. The highest BCUT2D eigenvalue weighted by molar-refractivity contribution is 6.21. The van der Waals surface area contributed by atoms with E-state index >= 15 is 0 Å². The van der Waals surface area contributed by atoms with Gasteiger partial charge in [0.25, 0.3) is 11.8 Å². The van der Waals surface area contributed by atoms with Crippen molar-refractivity contribution in [3.8, 4) is 0 Å². The predicted octanol–water partition coefficient (Wildman–Crippen LogP) is 0.868. The molecule has 0 aromatic heterocycles. The first kappa shape index (κ1) is 10.8. The number of benzene rings is 1. The summed E-state index contributed by atoms with van der Waals surface area (Å²) in [7, 11) is 0. The van der Waals surface area contributed by atoms with E-state index in [1.807, 2.05) is 0 Å². The quantitative estimate of drug-likeness (QED) is 0.766. The lowest BCUT2D eigenvalue weighted by atomic mass is 10.1. The average molecular weight is 218 g/mol. The topological polar surface area (TPSA) is 57.6 Å². The summed E-state index contributed by atoms with van der Waals surface area (Å²) in [4.78, 5) is 24.8. The molecule has 4 nitrogen and oxygen atoms in total. The molecule has 0 saturated carbocycles. The molecular weight excluding hydrogens is 206 g/mol. The number of hydrogen-bond acceptors (Lipinski definition) is 3. The number of nitrogens with zero attached hydrogens (tertiary/aromatic N) is 1. The molecule has 1 unspecified atom stereocenters. The minimum absolute atomic E-state index is 0.205. The fourth-order valence-corrected chi connectivity index (χ4v) is 1.72. The number of imide groups is 1. The number of carbonyl (C=O) groups excluding carboxylic acids is 2. The minimum atomic E-state index is -0.760. The number of aliphatic hydroxyl groups excluding tert-OH is 1. The molecule has 1 heterocycles. The van der Waals surface area contributed by atoms with E-state index in [2.05, 4.69) is 6.92 Å². The Morgan fingerprint density at radius 1 is 1.19 bits per heavy atom. The molecule has 1 atom stereocenters. The van der Waals surface area contributed by atoms with Gasteiger partial charge in [-0.15, -0.1) is 0 Å². The zero-order chi connectivity index (χ0) is 11.7. The van der Waals surface area contributed by atoms with Crippen molar-refractivity contribution in [1.82, 2.24) is 4.90 Å². The van der Waals surface area contributed by atoms with Gasteiger partial charge in [0.15, 0.2) is 0 Å². The highest BCUT2D eigenvalue weighted by Gasteiger charge is 2.34. The molecule has 1 aliphatic heterocycles. The fraction of sp³-hybridized carbons (Fsp3) is 0.250. The van der Waals surface area contributed by atoms with Crippen molar-refractivity contribution >= 4 is 11.8 Å². The van der Waals surface area contributed by atoms with Gasteiger partial charge < -0.3 is 5.11 Å². The number of rotatable bonds is 3. The van der Waals surface area contributed by atoms with Crippen LogP contribution in [0.15, 0.2) is 24.3 Å². The molecular formula is C12H12NO3. The summed E-state index contributed by atoms with van der Waals surface area (Å²) in [5, 5.41) is 9.04. The average Bonchev–Trinajstić information content (AvgIpc) is 2.50. The van der Waals surface area contributed by atoms with Crippen molar-refractivity contribution in [3.05, 3.63) is 42.3 Å². The molecule has 1 N–H and O–H groups in total. The lowest BCUT2D eigenvalue weighted by molar-refractivity contribution is 0.0635. The van der Waals surface area contributed by atoms with E-state index in [1.165, 1.54) is 0 Å². The maximum absolute atomic E-state index is 11.8. The Labute approximate surface area is 93.5 Å². The predicted molar refractivity (Wildman–Crippen MR) is 57.8 cm³/mol. The summed E-state index contributed by atoms with van der Waals surface area (Å²) in [5.74, 6) is -0.581. The van der Waals surface area contributed by atoms with Crippen LogP contribution >= 0.6 is 0 Å². The van der Waals surface area contributed by atoms with Gasteiger partial charge in [-0.05, 0) is 25.5 Å². The number of amides is 2. The molecule has 0 saturated heterocycles. The molecule has 0 fully saturated rings. The first-order valence-corrected chi connectivity index (χ1v) is 5.07. The second-order valence-corrected chi connectivity index (χ2v) is 3.75. The van der Waals surface area contributed by atoms with Crippen LogP contribution in [0, 0.1) is 6.92 Å². The normalized spacial score (nSPS) is 16.5. The first-order chi connectivity index (χ1) is 7.61. The number of hydrogen-bond donors (Lipinski definition) is 1. The van der Waals surface area contributed by atoms with E-state index in [4.69, 9.17) is 5.11 Å². The summed E-state index contributed by atoms with van der Waals surface area (Å²) >= 11 is 0. The molecule has 0 aliphatic carbocycles. The fourth-order valence-electron chi connectivity index (χ4n) is 1.72. The molecule has 2 rings (SSSR count). The van der Waals surface area contributed by atoms with Gasteiger partial charge in [-0.25, -0.2) is 0 Å². The van der Waals surface area contributed by atoms with Crippen LogP contribution in [-0.4, -0.2) is 34.5 Å². The Bertz CT molecular complexity index is 405. The van der Waals surface area contributed by atoms with Crippen LogP contribution in [0.5, 0.6) is 0 Å². The summed E-state index contributed by atoms with van der Waals surface area (Å²) in [6.07, 6.45) is -0.463. The van der Waals surface area contributed by atoms with Crippen LogP contribution in [0.4, 0.5) is 0 Å². The molecule has 0 bridgehead atoms. The lowest BCUT2D eigenvalue weighted by Crippen LogP contribution is -2.32. The zero-order valence-electron chi connectivity index (χ0n) is 8.72. The Kier molecular flexibility index (Phi) is 2.75. The van der Waals surface area contributed by atoms with Gasteiger partial charge in [-0.2, -0.15) is 0 Å². The van der Waals surface area contributed by atoms with Crippen molar-refractivity contribution in [2.45, 2.75) is 12.5 Å². The zero-order valence-corrected chi connectivity index (χ0v) is 8.72. The van der Waals surface area contributed by atoms with E-state index in [0.717, 1.165) is 4.90 Å². The molecule has 1 aliphatic rings. The second-order valence-electron chi connectivity index (χ2n) is 3.75. The van der Waals surface area contributed by atoms with Gasteiger partial charge in [0.1, 0.15) is 0 Å². The third-order valence-corrected chi connectivity index (χ3v) is 2.56. The third kappa shape index (κ3) is 1.72. The van der Waals surface area contributed by atoms with Crippen LogP contribution in [-0.2, 0) is 0 Å². The Morgan fingerprint density at radius 2 is 1.69 bits per heavy atom. The Morgan fingerprint density at radius 3 is 2.12 bits per heavy atom. The molecule has 2 amide bonds. The second kappa shape index (κ2) is 4.06.